The van der Waals surface area contributed by atoms with Crippen LogP contribution >= 0.6 is 0 Å². The van der Waals surface area contributed by atoms with Gasteiger partial charge in [-0.3, -0.25) is 4.90 Å². The van der Waals surface area contributed by atoms with Crippen molar-refractivity contribution in [3.8, 4) is 11.8 Å². The lowest BCUT2D eigenvalue weighted by Gasteiger charge is -2.42. The van der Waals surface area contributed by atoms with Gasteiger partial charge in [-0.2, -0.15) is 5.26 Å². The lowest BCUT2D eigenvalue weighted by molar-refractivity contribution is 0.0316. The first-order valence-corrected chi connectivity index (χ1v) is 13.5. The molecule has 2 aliphatic heterocycles. The molecule has 2 aromatic rings. The van der Waals surface area contributed by atoms with Crippen LogP contribution in [-0.4, -0.2) is 72.0 Å². The van der Waals surface area contributed by atoms with Crippen LogP contribution in [0.5, 0.6) is 5.75 Å². The van der Waals surface area contributed by atoms with E-state index in [4.69, 9.17) is 19.5 Å². The number of alkyl carbamates (subject to hydrolysis) is 1. The lowest BCUT2D eigenvalue weighted by atomic mass is 10.1. The molecule has 2 fully saturated rings. The Bertz CT molecular complexity index is 1130. The van der Waals surface area contributed by atoms with Crippen LogP contribution in [0.25, 0.3) is 0 Å². The van der Waals surface area contributed by atoms with E-state index in [0.717, 1.165) is 18.4 Å². The van der Waals surface area contributed by atoms with Crippen LogP contribution in [-0.2, 0) is 16.1 Å². The first kappa shape index (κ1) is 28.2. The number of nitriles is 1. The smallest absolute Gasteiger partial charge is 0.410 e. The quantitative estimate of drug-likeness (QED) is 0.497. The van der Waals surface area contributed by atoms with Crippen LogP contribution in [0, 0.1) is 11.3 Å². The second kappa shape index (κ2) is 12.9. The van der Waals surface area contributed by atoms with Crippen LogP contribution in [0.2, 0.25) is 0 Å². The first-order valence-electron chi connectivity index (χ1n) is 13.5. The molecule has 0 aromatic heterocycles. The van der Waals surface area contributed by atoms with Crippen molar-refractivity contribution in [1.29, 1.82) is 5.26 Å². The van der Waals surface area contributed by atoms with Crippen molar-refractivity contribution in [1.82, 2.24) is 15.1 Å². The lowest BCUT2D eigenvalue weighted by Crippen LogP contribution is -2.58. The minimum absolute atomic E-state index is 0.196. The highest BCUT2D eigenvalue weighted by molar-refractivity contribution is 5.68. The van der Waals surface area contributed by atoms with E-state index in [9.17, 15) is 9.59 Å². The highest BCUT2D eigenvalue weighted by Crippen LogP contribution is 2.31. The van der Waals surface area contributed by atoms with Gasteiger partial charge in [0.15, 0.2) is 0 Å². The molecule has 208 valence electrons. The van der Waals surface area contributed by atoms with Gasteiger partial charge in [-0.1, -0.05) is 30.3 Å². The molecular formula is C30H38N4O5. The third kappa shape index (κ3) is 8.36. The minimum atomic E-state index is -0.599. The SMILES string of the molecule is CC(C)(C)OC(=O)NC(CCOc1ccc(C#N)cc1)CN1C2CCC1CN(C(=O)OCc1ccccc1)C2. The summed E-state index contributed by atoms with van der Waals surface area (Å²) in [5, 5.41) is 12.0. The van der Waals surface area contributed by atoms with Crippen LogP contribution in [0.1, 0.15) is 51.2 Å². The van der Waals surface area contributed by atoms with E-state index < -0.39 is 11.7 Å². The number of carbonyl (C=O) groups excluding carboxylic acids is 2. The van der Waals surface area contributed by atoms with E-state index in [2.05, 4.69) is 16.3 Å². The number of likely N-dealkylation sites (tertiary alicyclic amines) is 1. The van der Waals surface area contributed by atoms with Gasteiger partial charge in [-0.15, -0.1) is 0 Å². The van der Waals surface area contributed by atoms with Gasteiger partial charge in [0.2, 0.25) is 0 Å². The summed E-state index contributed by atoms with van der Waals surface area (Å²) < 4.78 is 17.0. The Labute approximate surface area is 230 Å². The van der Waals surface area contributed by atoms with Gasteiger partial charge in [0.1, 0.15) is 18.0 Å². The summed E-state index contributed by atoms with van der Waals surface area (Å²) in [5.41, 5.74) is 0.940. The van der Waals surface area contributed by atoms with Crippen molar-refractivity contribution in [2.45, 2.75) is 70.4 Å². The summed E-state index contributed by atoms with van der Waals surface area (Å²) in [6.07, 6.45) is 1.83. The number of hydrogen-bond acceptors (Lipinski definition) is 7. The summed E-state index contributed by atoms with van der Waals surface area (Å²) in [5.74, 6) is 0.674. The number of rotatable bonds is 9. The van der Waals surface area contributed by atoms with Gasteiger partial charge in [0.05, 0.1) is 18.2 Å². The van der Waals surface area contributed by atoms with Gasteiger partial charge in [0.25, 0.3) is 0 Å². The zero-order valence-corrected chi connectivity index (χ0v) is 23.0. The summed E-state index contributed by atoms with van der Waals surface area (Å²) in [4.78, 5) is 29.6. The molecule has 2 saturated heterocycles. The molecule has 3 unspecified atom stereocenters. The van der Waals surface area contributed by atoms with E-state index in [-0.39, 0.29) is 30.8 Å². The van der Waals surface area contributed by atoms with Crippen LogP contribution in [0.15, 0.2) is 54.6 Å². The summed E-state index contributed by atoms with van der Waals surface area (Å²) in [6, 6.07) is 19.0. The monoisotopic (exact) mass is 534 g/mol. The number of nitrogens with one attached hydrogen (secondary N) is 1. The third-order valence-electron chi connectivity index (χ3n) is 6.97. The van der Waals surface area contributed by atoms with Crippen LogP contribution in [0.4, 0.5) is 9.59 Å². The van der Waals surface area contributed by atoms with Crippen LogP contribution < -0.4 is 10.1 Å². The number of benzene rings is 2. The second-order valence-electron chi connectivity index (χ2n) is 11.1. The van der Waals surface area contributed by atoms with Gasteiger partial charge >= 0.3 is 12.2 Å². The molecule has 39 heavy (non-hydrogen) atoms. The molecule has 4 rings (SSSR count). The van der Waals surface area contributed by atoms with Crippen LogP contribution in [0.3, 0.4) is 0 Å². The molecule has 0 aliphatic carbocycles. The maximum Gasteiger partial charge on any atom is 0.410 e. The predicted molar refractivity (Wildman–Crippen MR) is 146 cm³/mol. The fraction of sp³-hybridized carbons (Fsp3) is 0.500. The van der Waals surface area contributed by atoms with E-state index in [1.807, 2.05) is 56.0 Å². The zero-order chi connectivity index (χ0) is 27.8. The molecule has 9 heteroatoms. The number of amides is 2. The van der Waals surface area contributed by atoms with Crippen molar-refractivity contribution in [3.63, 3.8) is 0 Å². The van der Waals surface area contributed by atoms with E-state index in [1.165, 1.54) is 0 Å². The van der Waals surface area contributed by atoms with E-state index in [1.54, 1.807) is 24.3 Å². The summed E-state index contributed by atoms with van der Waals surface area (Å²) in [7, 11) is 0. The third-order valence-corrected chi connectivity index (χ3v) is 6.97. The Morgan fingerprint density at radius 1 is 1.05 bits per heavy atom. The Morgan fingerprint density at radius 3 is 2.33 bits per heavy atom. The highest BCUT2D eigenvalue weighted by Gasteiger charge is 2.42. The topological polar surface area (TPSA) is 104 Å². The number of hydrogen-bond donors (Lipinski definition) is 1. The predicted octanol–water partition coefficient (Wildman–Crippen LogP) is 4.71. The molecule has 0 saturated carbocycles. The van der Waals surface area contributed by atoms with Crippen molar-refractivity contribution in [3.05, 3.63) is 65.7 Å². The molecule has 2 aromatic carbocycles. The maximum atomic E-state index is 12.8. The average molecular weight is 535 g/mol. The number of ether oxygens (including phenoxy) is 3. The molecule has 9 nitrogen and oxygen atoms in total. The van der Waals surface area contributed by atoms with Gasteiger partial charge in [-0.25, -0.2) is 9.59 Å². The van der Waals surface area contributed by atoms with Crippen molar-refractivity contribution >= 4 is 12.2 Å². The second-order valence-corrected chi connectivity index (χ2v) is 11.1. The zero-order valence-electron chi connectivity index (χ0n) is 23.0. The molecule has 2 bridgehead atoms. The van der Waals surface area contributed by atoms with Gasteiger partial charge in [-0.05, 0) is 63.4 Å². The average Bonchev–Trinajstić information content (AvgIpc) is 3.12. The number of carbonyl (C=O) groups is 2. The molecule has 1 N–H and O–H groups in total. The standard InChI is InChI=1S/C30H38N4O5/c1-30(2,3)39-28(35)32-24(15-16-37-27-13-9-22(17-31)10-14-27)18-34-25-11-12-26(34)20-33(19-25)29(36)38-21-23-7-5-4-6-8-23/h4-10,13-14,24-26H,11-12,15-16,18-21H2,1-3H3,(H,32,35). The van der Waals surface area contributed by atoms with Crippen molar-refractivity contribution in [2.24, 2.45) is 0 Å². The molecule has 3 atom stereocenters. The Balaban J connectivity index is 1.33. The molecule has 2 amide bonds. The Hall–Kier alpha value is -3.77. The number of piperazine rings is 1. The number of nitrogens with zero attached hydrogens (tertiary/aromatic N) is 3. The van der Waals surface area contributed by atoms with E-state index in [0.29, 0.717) is 44.0 Å². The summed E-state index contributed by atoms with van der Waals surface area (Å²) in [6.45, 7) is 8.02. The normalized spacial score (nSPS) is 19.6. The molecule has 0 radical (unpaired) electrons. The van der Waals surface area contributed by atoms with Crippen molar-refractivity contribution in [2.75, 3.05) is 26.2 Å². The number of fused-ring (bicyclic) bond motifs is 2. The molecule has 0 spiro atoms. The Morgan fingerprint density at radius 2 is 1.72 bits per heavy atom. The van der Waals surface area contributed by atoms with Crippen molar-refractivity contribution < 1.29 is 23.8 Å². The maximum absolute atomic E-state index is 12.8. The van der Waals surface area contributed by atoms with Gasteiger partial charge < -0.3 is 24.4 Å². The van der Waals surface area contributed by atoms with Gasteiger partial charge in [0, 0.05) is 44.2 Å². The fourth-order valence-electron chi connectivity index (χ4n) is 5.13. The minimum Gasteiger partial charge on any atom is -0.494 e. The highest BCUT2D eigenvalue weighted by atomic mass is 16.6. The molecular weight excluding hydrogens is 496 g/mol. The van der Waals surface area contributed by atoms with E-state index >= 15 is 0 Å². The first-order chi connectivity index (χ1) is 18.7. The molecule has 2 aliphatic rings. The molecule has 2 heterocycles. The Kier molecular flexibility index (Phi) is 9.31. The fourth-order valence-corrected chi connectivity index (χ4v) is 5.13. The summed E-state index contributed by atoms with van der Waals surface area (Å²) >= 11 is 0. The largest absolute Gasteiger partial charge is 0.494 e.